The number of hydrogen-bond donors (Lipinski definition) is 1. The molecule has 1 N–H and O–H groups in total. The maximum absolute atomic E-state index is 11.0. The highest BCUT2D eigenvalue weighted by Gasteiger charge is 2.10. The molecular formula is C15H11NO3. The average molecular weight is 253 g/mol. The van der Waals surface area contributed by atoms with Crippen molar-refractivity contribution in [3.8, 4) is 11.8 Å². The van der Waals surface area contributed by atoms with Crippen LogP contribution in [-0.4, -0.2) is 11.1 Å². The fourth-order valence-electron chi connectivity index (χ4n) is 1.68. The smallest absolute Gasteiger partial charge is 0.339 e. The largest absolute Gasteiger partial charge is 0.488 e. The van der Waals surface area contributed by atoms with Crippen molar-refractivity contribution in [3.63, 3.8) is 0 Å². The zero-order valence-electron chi connectivity index (χ0n) is 10.0. The van der Waals surface area contributed by atoms with Gasteiger partial charge in [0.1, 0.15) is 17.9 Å². The van der Waals surface area contributed by atoms with Crippen molar-refractivity contribution in [1.29, 1.82) is 5.26 Å². The van der Waals surface area contributed by atoms with Gasteiger partial charge in [0.2, 0.25) is 0 Å². The molecule has 0 saturated heterocycles. The van der Waals surface area contributed by atoms with Crippen LogP contribution in [0.3, 0.4) is 0 Å². The minimum Gasteiger partial charge on any atom is -0.488 e. The van der Waals surface area contributed by atoms with Crippen LogP contribution in [0.2, 0.25) is 0 Å². The molecule has 4 heteroatoms. The van der Waals surface area contributed by atoms with Gasteiger partial charge < -0.3 is 9.84 Å². The second-order valence-electron chi connectivity index (χ2n) is 3.86. The number of nitriles is 1. The quantitative estimate of drug-likeness (QED) is 0.909. The molecule has 0 atom stereocenters. The van der Waals surface area contributed by atoms with Gasteiger partial charge in [-0.3, -0.25) is 0 Å². The van der Waals surface area contributed by atoms with Gasteiger partial charge in [-0.15, -0.1) is 0 Å². The fourth-order valence-corrected chi connectivity index (χ4v) is 1.68. The van der Waals surface area contributed by atoms with E-state index in [0.29, 0.717) is 11.3 Å². The van der Waals surface area contributed by atoms with Gasteiger partial charge in [0.15, 0.2) is 0 Å². The Kier molecular flexibility index (Phi) is 3.79. The summed E-state index contributed by atoms with van der Waals surface area (Å²) >= 11 is 0. The van der Waals surface area contributed by atoms with Gasteiger partial charge in [0, 0.05) is 5.56 Å². The summed E-state index contributed by atoms with van der Waals surface area (Å²) in [6, 6.07) is 15.5. The Morgan fingerprint density at radius 2 is 1.84 bits per heavy atom. The normalized spacial score (nSPS) is 9.63. The van der Waals surface area contributed by atoms with Crippen LogP contribution in [0.1, 0.15) is 21.5 Å². The molecule has 0 heterocycles. The first kappa shape index (κ1) is 12.7. The number of ether oxygens (including phenoxy) is 1. The lowest BCUT2D eigenvalue weighted by Gasteiger charge is -2.09. The van der Waals surface area contributed by atoms with Gasteiger partial charge in [0.05, 0.1) is 11.6 Å². The lowest BCUT2D eigenvalue weighted by atomic mass is 10.1. The number of para-hydroxylation sites is 1. The van der Waals surface area contributed by atoms with E-state index in [2.05, 4.69) is 6.07 Å². The monoisotopic (exact) mass is 253 g/mol. The molecule has 0 fully saturated rings. The van der Waals surface area contributed by atoms with E-state index in [9.17, 15) is 4.79 Å². The predicted molar refractivity (Wildman–Crippen MR) is 68.9 cm³/mol. The summed E-state index contributed by atoms with van der Waals surface area (Å²) in [6.45, 7) is 0.161. The predicted octanol–water partition coefficient (Wildman–Crippen LogP) is 2.84. The summed E-state index contributed by atoms with van der Waals surface area (Å²) < 4.78 is 5.50. The number of aromatic carboxylic acids is 1. The van der Waals surface area contributed by atoms with Gasteiger partial charge in [0.25, 0.3) is 0 Å². The molecule has 0 aliphatic heterocycles. The van der Waals surface area contributed by atoms with Crippen LogP contribution in [0, 0.1) is 11.3 Å². The number of benzene rings is 2. The highest BCUT2D eigenvalue weighted by atomic mass is 16.5. The molecule has 2 aromatic rings. The molecule has 2 aromatic carbocycles. The van der Waals surface area contributed by atoms with Crippen LogP contribution in [-0.2, 0) is 6.61 Å². The highest BCUT2D eigenvalue weighted by molar-refractivity contribution is 5.90. The van der Waals surface area contributed by atoms with E-state index < -0.39 is 5.97 Å². The van der Waals surface area contributed by atoms with Crippen LogP contribution in [0.25, 0.3) is 0 Å². The number of carboxylic acids is 1. The molecule has 0 aliphatic carbocycles. The van der Waals surface area contributed by atoms with Crippen molar-refractivity contribution in [2.24, 2.45) is 0 Å². The molecule has 0 saturated carbocycles. The van der Waals surface area contributed by atoms with Crippen LogP contribution < -0.4 is 4.74 Å². The van der Waals surface area contributed by atoms with E-state index in [1.165, 1.54) is 6.07 Å². The van der Waals surface area contributed by atoms with E-state index in [4.69, 9.17) is 15.1 Å². The van der Waals surface area contributed by atoms with Gasteiger partial charge in [-0.1, -0.05) is 30.3 Å². The number of carbonyl (C=O) groups is 1. The summed E-state index contributed by atoms with van der Waals surface area (Å²) in [7, 11) is 0. The molecule has 0 aromatic heterocycles. The molecule has 0 bridgehead atoms. The van der Waals surface area contributed by atoms with Crippen molar-refractivity contribution in [2.75, 3.05) is 0 Å². The molecule has 0 amide bonds. The molecule has 0 unspecified atom stereocenters. The van der Waals surface area contributed by atoms with Gasteiger partial charge >= 0.3 is 5.97 Å². The van der Waals surface area contributed by atoms with Crippen molar-refractivity contribution >= 4 is 5.97 Å². The first-order chi connectivity index (χ1) is 9.22. The Bertz CT molecular complexity index is 644. The molecular weight excluding hydrogens is 242 g/mol. The van der Waals surface area contributed by atoms with Crippen molar-refractivity contribution < 1.29 is 14.6 Å². The second kappa shape index (κ2) is 5.69. The van der Waals surface area contributed by atoms with E-state index >= 15 is 0 Å². The van der Waals surface area contributed by atoms with Crippen molar-refractivity contribution in [2.45, 2.75) is 6.61 Å². The van der Waals surface area contributed by atoms with Crippen molar-refractivity contribution in [3.05, 3.63) is 65.2 Å². The van der Waals surface area contributed by atoms with E-state index in [1.807, 2.05) is 6.07 Å². The Balaban J connectivity index is 2.20. The highest BCUT2D eigenvalue weighted by Crippen LogP contribution is 2.20. The number of nitrogens with zero attached hydrogens (tertiary/aromatic N) is 1. The minimum atomic E-state index is -1.04. The molecule has 19 heavy (non-hydrogen) atoms. The van der Waals surface area contributed by atoms with Crippen LogP contribution in [0.15, 0.2) is 48.5 Å². The minimum absolute atomic E-state index is 0.108. The third-order valence-corrected chi connectivity index (χ3v) is 2.64. The molecule has 4 nitrogen and oxygen atoms in total. The Labute approximate surface area is 110 Å². The number of rotatable bonds is 4. The summed E-state index contributed by atoms with van der Waals surface area (Å²) in [5.41, 5.74) is 1.36. The third kappa shape index (κ3) is 2.90. The Morgan fingerprint density at radius 3 is 2.58 bits per heavy atom. The van der Waals surface area contributed by atoms with Crippen LogP contribution in [0.4, 0.5) is 0 Å². The maximum Gasteiger partial charge on any atom is 0.339 e. The summed E-state index contributed by atoms with van der Waals surface area (Å²) in [4.78, 5) is 11.0. The molecule has 94 valence electrons. The lowest BCUT2D eigenvalue weighted by Crippen LogP contribution is -2.04. The molecule has 0 radical (unpaired) electrons. The summed E-state index contributed by atoms with van der Waals surface area (Å²) in [5, 5.41) is 18.0. The molecule has 0 spiro atoms. The van der Waals surface area contributed by atoms with E-state index in [-0.39, 0.29) is 12.2 Å². The number of hydrogen-bond acceptors (Lipinski definition) is 3. The molecule has 2 rings (SSSR count). The van der Waals surface area contributed by atoms with Gasteiger partial charge in [-0.2, -0.15) is 5.26 Å². The average Bonchev–Trinajstić information content (AvgIpc) is 2.45. The van der Waals surface area contributed by atoms with Crippen LogP contribution in [0.5, 0.6) is 5.75 Å². The van der Waals surface area contributed by atoms with Crippen molar-refractivity contribution in [1.82, 2.24) is 0 Å². The number of carboxylic acid groups (broad SMARTS) is 1. The van der Waals surface area contributed by atoms with Gasteiger partial charge in [-0.25, -0.2) is 4.79 Å². The Morgan fingerprint density at radius 1 is 1.16 bits per heavy atom. The third-order valence-electron chi connectivity index (χ3n) is 2.64. The maximum atomic E-state index is 11.0. The van der Waals surface area contributed by atoms with Gasteiger partial charge in [-0.05, 0) is 18.2 Å². The zero-order valence-corrected chi connectivity index (χ0v) is 10.0. The standard InChI is InChI=1S/C15H11NO3/c16-9-11-5-1-2-6-12(11)10-19-14-8-4-3-7-13(14)15(17)18/h1-8H,10H2,(H,17,18). The molecule has 0 aliphatic rings. The summed E-state index contributed by atoms with van der Waals surface area (Å²) in [5.74, 6) is -0.744. The lowest BCUT2D eigenvalue weighted by molar-refractivity contribution is 0.0692. The van der Waals surface area contributed by atoms with Crippen LogP contribution >= 0.6 is 0 Å². The van der Waals surface area contributed by atoms with E-state index in [1.54, 1.807) is 36.4 Å². The summed E-state index contributed by atoms with van der Waals surface area (Å²) in [6.07, 6.45) is 0. The fraction of sp³-hybridized carbons (Fsp3) is 0.0667. The first-order valence-corrected chi connectivity index (χ1v) is 5.65. The van der Waals surface area contributed by atoms with E-state index in [0.717, 1.165) is 5.56 Å². The second-order valence-corrected chi connectivity index (χ2v) is 3.86. The first-order valence-electron chi connectivity index (χ1n) is 5.65. The SMILES string of the molecule is N#Cc1ccccc1COc1ccccc1C(=O)O. The Hall–Kier alpha value is -2.80. The topological polar surface area (TPSA) is 70.3 Å². The zero-order chi connectivity index (χ0) is 13.7.